The molecule has 0 N–H and O–H groups in total. The summed E-state index contributed by atoms with van der Waals surface area (Å²) in [6, 6.07) is 0. The molecule has 0 saturated carbocycles. The molecule has 0 aliphatic heterocycles. The Bertz CT molecular complexity index is 191. The molecule has 0 aliphatic rings. The minimum absolute atomic E-state index is 2.01. The maximum atomic E-state index is 11.1. The fraction of sp³-hybridized carbons (Fsp3) is 1.00. The van der Waals surface area contributed by atoms with Crippen LogP contribution in [-0.2, 0) is 14.3 Å². The van der Waals surface area contributed by atoms with Crippen LogP contribution in [0, 0.1) is 0 Å². The minimum Gasteiger partial charge on any atom is -0.229 e. The zero-order valence-electron chi connectivity index (χ0n) is 4.35. The van der Waals surface area contributed by atoms with Crippen molar-refractivity contribution in [1.82, 2.24) is 0 Å². The van der Waals surface area contributed by atoms with Gasteiger partial charge in [0.1, 0.15) is 0 Å². The molecule has 10 heavy (non-hydrogen) atoms. The Morgan fingerprint density at radius 1 is 1.30 bits per heavy atom. The van der Waals surface area contributed by atoms with Crippen LogP contribution >= 0.6 is 0 Å². The van der Waals surface area contributed by atoms with Crippen molar-refractivity contribution < 1.29 is 30.2 Å². The Balaban J connectivity index is 4.44. The highest BCUT2D eigenvalue weighted by Crippen LogP contribution is 2.24. The van der Waals surface area contributed by atoms with Crippen LogP contribution in [0.2, 0.25) is 0 Å². The Morgan fingerprint density at radius 2 is 1.70 bits per heavy atom. The molecule has 0 bridgehead atoms. The normalized spacial score (nSPS) is 13.6. The van der Waals surface area contributed by atoms with Gasteiger partial charge in [0.05, 0.1) is 0 Å². The van der Waals surface area contributed by atoms with E-state index in [0.717, 1.165) is 0 Å². The van der Waals surface area contributed by atoms with Crippen LogP contribution in [-0.4, -0.2) is 20.8 Å². The Hall–Kier alpha value is -0.370. The fourth-order valence-electron chi connectivity index (χ4n) is 0.125. The quantitative estimate of drug-likeness (QED) is 0.359. The largest absolute Gasteiger partial charge is 0.523 e. The van der Waals surface area contributed by atoms with Crippen LogP contribution in [0.1, 0.15) is 0 Å². The molecule has 0 heterocycles. The van der Waals surface area contributed by atoms with Gasteiger partial charge in [-0.25, -0.2) is 8.57 Å². The first-order chi connectivity index (χ1) is 4.31. The monoisotopic (exact) mass is 181 g/mol. The highest BCUT2D eigenvalue weighted by Gasteiger charge is 2.47. The van der Waals surface area contributed by atoms with Gasteiger partial charge in [-0.3, -0.25) is 0 Å². The van der Waals surface area contributed by atoms with Gasteiger partial charge in [-0.15, -0.1) is 0 Å². The number of hydrogen-bond acceptors (Lipinski definition) is 3. The molecular weight excluding hydrogens is 179 g/mol. The van der Waals surface area contributed by atoms with E-state index >= 15 is 0 Å². The SMILES string of the molecule is O=S(=O)(OC[18F])C(F)(F)F. The number of halogens is 4. The third kappa shape index (κ3) is 2.10. The standard InChI is InChI=1S/C2H2F4O3S/c3-1-9-10(7,8)2(4,5)6/h1H2/i3-1. The maximum absolute atomic E-state index is 11.1. The van der Waals surface area contributed by atoms with Crippen LogP contribution in [0.3, 0.4) is 0 Å². The molecule has 0 rings (SSSR count). The van der Waals surface area contributed by atoms with Crippen LogP contribution in [0.15, 0.2) is 0 Å². The van der Waals surface area contributed by atoms with E-state index in [1.54, 1.807) is 0 Å². The van der Waals surface area contributed by atoms with Crippen molar-refractivity contribution in [3.63, 3.8) is 0 Å². The van der Waals surface area contributed by atoms with Crippen molar-refractivity contribution >= 4 is 10.1 Å². The Labute approximate surface area is 53.7 Å². The molecule has 0 amide bonds. The first-order valence-corrected chi connectivity index (χ1v) is 3.24. The smallest absolute Gasteiger partial charge is 0.229 e. The molecule has 0 radical (unpaired) electrons. The first-order valence-electron chi connectivity index (χ1n) is 1.83. The summed E-state index contributed by atoms with van der Waals surface area (Å²) in [5.74, 6) is 0. The minimum atomic E-state index is -5.72. The fourth-order valence-corrected chi connectivity index (χ4v) is 0.376. The van der Waals surface area contributed by atoms with Crippen molar-refractivity contribution in [3.05, 3.63) is 0 Å². The topological polar surface area (TPSA) is 43.4 Å². The zero-order chi connectivity index (χ0) is 8.41. The van der Waals surface area contributed by atoms with Crippen LogP contribution in [0.5, 0.6) is 0 Å². The van der Waals surface area contributed by atoms with Gasteiger partial charge in [-0.05, 0) is 0 Å². The maximum Gasteiger partial charge on any atom is 0.523 e. The van der Waals surface area contributed by atoms with E-state index in [4.69, 9.17) is 0 Å². The van der Waals surface area contributed by atoms with Gasteiger partial charge in [-0.2, -0.15) is 21.6 Å². The van der Waals surface area contributed by atoms with Gasteiger partial charge < -0.3 is 0 Å². The predicted octanol–water partition coefficient (Wildman–Crippen LogP) is 0.780. The second-order valence-electron chi connectivity index (χ2n) is 1.13. The lowest BCUT2D eigenvalue weighted by atomic mass is 11.6. The highest BCUT2D eigenvalue weighted by atomic mass is 32.2. The molecule has 0 spiro atoms. The second kappa shape index (κ2) is 2.70. The molecule has 62 valence electrons. The van der Waals surface area contributed by atoms with E-state index in [1.807, 2.05) is 0 Å². The molecule has 0 saturated heterocycles. The Kier molecular flexibility index (Phi) is 2.60. The molecule has 3 nitrogen and oxygen atoms in total. The van der Waals surface area contributed by atoms with Gasteiger partial charge in [0.15, 0.2) is 0 Å². The third-order valence-corrected chi connectivity index (χ3v) is 1.45. The van der Waals surface area contributed by atoms with E-state index in [2.05, 4.69) is 4.18 Å². The van der Waals surface area contributed by atoms with Crippen molar-refractivity contribution in [2.24, 2.45) is 0 Å². The predicted molar refractivity (Wildman–Crippen MR) is 22.0 cm³/mol. The van der Waals surface area contributed by atoms with E-state index < -0.39 is 22.5 Å². The summed E-state index contributed by atoms with van der Waals surface area (Å²) in [6.45, 7) is -2.01. The molecule has 0 unspecified atom stereocenters. The summed E-state index contributed by atoms with van der Waals surface area (Å²) in [7, 11) is -5.72. The number of rotatable bonds is 2. The van der Waals surface area contributed by atoms with E-state index in [1.165, 1.54) is 0 Å². The van der Waals surface area contributed by atoms with Crippen molar-refractivity contribution in [1.29, 1.82) is 0 Å². The average molecular weight is 181 g/mol. The molecule has 0 aliphatic carbocycles. The molecule has 0 fully saturated rings. The second-order valence-corrected chi connectivity index (χ2v) is 2.73. The highest BCUT2D eigenvalue weighted by molar-refractivity contribution is 7.87. The lowest BCUT2D eigenvalue weighted by Crippen LogP contribution is -2.25. The van der Waals surface area contributed by atoms with E-state index in [9.17, 15) is 26.0 Å². The van der Waals surface area contributed by atoms with Gasteiger partial charge in [0.2, 0.25) is 6.86 Å². The summed E-state index contributed by atoms with van der Waals surface area (Å²) in [5, 5.41) is 0. The van der Waals surface area contributed by atoms with Crippen LogP contribution < -0.4 is 0 Å². The molecule has 8 heteroatoms. The van der Waals surface area contributed by atoms with Crippen LogP contribution in [0.25, 0.3) is 0 Å². The lowest BCUT2D eigenvalue weighted by molar-refractivity contribution is -0.0567. The van der Waals surface area contributed by atoms with Gasteiger partial charge in [0, 0.05) is 0 Å². The lowest BCUT2D eigenvalue weighted by Gasteiger charge is -2.03. The molecule has 0 aromatic rings. The summed E-state index contributed by atoms with van der Waals surface area (Å²) in [5.41, 5.74) is -5.54. The van der Waals surface area contributed by atoms with Crippen LogP contribution in [0.4, 0.5) is 17.6 Å². The van der Waals surface area contributed by atoms with Crippen molar-refractivity contribution in [3.8, 4) is 0 Å². The summed E-state index contributed by atoms with van der Waals surface area (Å²) in [4.78, 5) is 0. The summed E-state index contributed by atoms with van der Waals surface area (Å²) >= 11 is 0. The molecule has 0 aromatic carbocycles. The average Bonchev–Trinajstić information content (AvgIpc) is 1.61. The molecular formula is C2H2F4O3S. The summed E-state index contributed by atoms with van der Waals surface area (Å²) < 4.78 is 66.4. The molecule has 0 atom stereocenters. The van der Waals surface area contributed by atoms with E-state index in [0.29, 0.717) is 0 Å². The van der Waals surface area contributed by atoms with E-state index in [-0.39, 0.29) is 0 Å². The van der Waals surface area contributed by atoms with Gasteiger partial charge in [-0.1, -0.05) is 0 Å². The van der Waals surface area contributed by atoms with Crippen molar-refractivity contribution in [2.75, 3.05) is 6.86 Å². The van der Waals surface area contributed by atoms with Crippen molar-refractivity contribution in [2.45, 2.75) is 5.51 Å². The number of alkyl halides is 4. The third-order valence-electron chi connectivity index (χ3n) is 0.483. The zero-order valence-corrected chi connectivity index (χ0v) is 5.17. The summed E-state index contributed by atoms with van der Waals surface area (Å²) in [6.07, 6.45) is 0. The van der Waals surface area contributed by atoms with Gasteiger partial charge >= 0.3 is 15.6 Å². The molecule has 0 aromatic heterocycles. The van der Waals surface area contributed by atoms with Gasteiger partial charge in [0.25, 0.3) is 0 Å². The number of hydrogen-bond donors (Lipinski definition) is 0. The Morgan fingerprint density at radius 3 is 1.80 bits per heavy atom. The first kappa shape index (κ1) is 9.63.